The third-order valence-electron chi connectivity index (χ3n) is 3.93. The van der Waals surface area contributed by atoms with Crippen LogP contribution >= 0.6 is 0 Å². The quantitative estimate of drug-likeness (QED) is 0.781. The van der Waals surface area contributed by atoms with Gasteiger partial charge in [-0.3, -0.25) is 10.1 Å². The monoisotopic (exact) mass is 338 g/mol. The Morgan fingerprint density at radius 3 is 2.56 bits per heavy atom. The summed E-state index contributed by atoms with van der Waals surface area (Å²) in [5, 5.41) is 2.60. The second-order valence-electron chi connectivity index (χ2n) is 5.92. The van der Waals surface area contributed by atoms with Crippen LogP contribution in [-0.2, 0) is 4.74 Å². The molecule has 130 valence electrons. The standard InChI is InChI=1S/C20H22N2O3/c1-13(2)18(17-10-5-4-7-14(17)3)12-25-20(24)22-16-9-6-8-15(11-16)19(21)23/h4-11,18H,1,12H2,2-3H3,(H2,21,23)(H,22,24). The van der Waals surface area contributed by atoms with E-state index in [1.54, 1.807) is 18.2 Å². The van der Waals surface area contributed by atoms with Crippen LogP contribution in [0.5, 0.6) is 0 Å². The second-order valence-corrected chi connectivity index (χ2v) is 5.92. The zero-order valence-electron chi connectivity index (χ0n) is 14.4. The van der Waals surface area contributed by atoms with Gasteiger partial charge in [-0.05, 0) is 43.2 Å². The lowest BCUT2D eigenvalue weighted by Crippen LogP contribution is -2.19. The number of hydrogen-bond acceptors (Lipinski definition) is 3. The van der Waals surface area contributed by atoms with Crippen LogP contribution in [0, 0.1) is 6.92 Å². The van der Waals surface area contributed by atoms with Crippen molar-refractivity contribution in [3.8, 4) is 0 Å². The Morgan fingerprint density at radius 2 is 1.92 bits per heavy atom. The summed E-state index contributed by atoms with van der Waals surface area (Å²) in [6, 6.07) is 14.3. The van der Waals surface area contributed by atoms with Crippen molar-refractivity contribution in [2.45, 2.75) is 19.8 Å². The van der Waals surface area contributed by atoms with E-state index in [0.717, 1.165) is 16.7 Å². The van der Waals surface area contributed by atoms with Gasteiger partial charge in [-0.25, -0.2) is 4.79 Å². The number of hydrogen-bond donors (Lipinski definition) is 2. The predicted octanol–water partition coefficient (Wildman–Crippen LogP) is 4.00. The fourth-order valence-electron chi connectivity index (χ4n) is 2.54. The van der Waals surface area contributed by atoms with Crippen LogP contribution in [0.1, 0.15) is 34.3 Å². The predicted molar refractivity (Wildman–Crippen MR) is 98.7 cm³/mol. The molecule has 1 unspecified atom stereocenters. The van der Waals surface area contributed by atoms with Crippen LogP contribution < -0.4 is 11.1 Å². The Bertz CT molecular complexity index is 799. The largest absolute Gasteiger partial charge is 0.448 e. The number of ether oxygens (including phenoxy) is 1. The molecule has 0 saturated heterocycles. The van der Waals surface area contributed by atoms with Gasteiger partial charge in [0, 0.05) is 17.2 Å². The van der Waals surface area contributed by atoms with Crippen LogP contribution in [0.4, 0.5) is 10.5 Å². The van der Waals surface area contributed by atoms with E-state index in [2.05, 4.69) is 11.9 Å². The summed E-state index contributed by atoms with van der Waals surface area (Å²) in [6.07, 6.45) is -0.596. The average Bonchev–Trinajstić information content (AvgIpc) is 2.56. The SMILES string of the molecule is C=C(C)C(COC(=O)Nc1cccc(C(N)=O)c1)c1ccccc1C. The number of primary amides is 1. The summed E-state index contributed by atoms with van der Waals surface area (Å²) in [7, 11) is 0. The van der Waals surface area contributed by atoms with Gasteiger partial charge >= 0.3 is 6.09 Å². The van der Waals surface area contributed by atoms with Crippen molar-refractivity contribution in [2.75, 3.05) is 11.9 Å². The maximum Gasteiger partial charge on any atom is 0.411 e. The summed E-state index contributed by atoms with van der Waals surface area (Å²) < 4.78 is 5.35. The van der Waals surface area contributed by atoms with Gasteiger partial charge < -0.3 is 10.5 Å². The maximum absolute atomic E-state index is 12.1. The Morgan fingerprint density at radius 1 is 1.20 bits per heavy atom. The molecule has 2 rings (SSSR count). The summed E-state index contributed by atoms with van der Waals surface area (Å²) in [5.74, 6) is -0.636. The molecular formula is C20H22N2O3. The van der Waals surface area contributed by atoms with Crippen molar-refractivity contribution in [1.29, 1.82) is 0 Å². The van der Waals surface area contributed by atoms with E-state index in [-0.39, 0.29) is 12.5 Å². The number of aryl methyl sites for hydroxylation is 1. The van der Waals surface area contributed by atoms with Crippen molar-refractivity contribution in [3.05, 3.63) is 77.4 Å². The van der Waals surface area contributed by atoms with Crippen molar-refractivity contribution < 1.29 is 14.3 Å². The summed E-state index contributed by atoms with van der Waals surface area (Å²) in [5.41, 5.74) is 9.11. The first kappa shape index (κ1) is 18.3. The Balaban J connectivity index is 2.02. The fraction of sp³-hybridized carbons (Fsp3) is 0.200. The smallest absolute Gasteiger partial charge is 0.411 e. The van der Waals surface area contributed by atoms with Gasteiger partial charge in [-0.1, -0.05) is 42.5 Å². The highest BCUT2D eigenvalue weighted by Crippen LogP contribution is 2.26. The van der Waals surface area contributed by atoms with E-state index in [0.29, 0.717) is 11.3 Å². The van der Waals surface area contributed by atoms with E-state index >= 15 is 0 Å². The minimum Gasteiger partial charge on any atom is -0.448 e. The lowest BCUT2D eigenvalue weighted by molar-refractivity contribution is 0.1000. The number of nitrogens with two attached hydrogens (primary N) is 1. The van der Waals surface area contributed by atoms with Crippen molar-refractivity contribution in [2.24, 2.45) is 5.73 Å². The van der Waals surface area contributed by atoms with Gasteiger partial charge in [0.15, 0.2) is 0 Å². The van der Waals surface area contributed by atoms with E-state index in [4.69, 9.17) is 10.5 Å². The number of carbonyl (C=O) groups is 2. The molecule has 0 heterocycles. The second kappa shape index (κ2) is 8.15. The number of rotatable bonds is 6. The van der Waals surface area contributed by atoms with Crippen molar-refractivity contribution in [3.63, 3.8) is 0 Å². The minimum atomic E-state index is -0.596. The van der Waals surface area contributed by atoms with Gasteiger partial charge in [0.05, 0.1) is 0 Å². The summed E-state index contributed by atoms with van der Waals surface area (Å²) in [4.78, 5) is 23.2. The molecule has 0 radical (unpaired) electrons. The van der Waals surface area contributed by atoms with Gasteiger partial charge in [0.2, 0.25) is 5.91 Å². The first-order valence-corrected chi connectivity index (χ1v) is 7.93. The van der Waals surface area contributed by atoms with Crippen molar-refractivity contribution in [1.82, 2.24) is 0 Å². The van der Waals surface area contributed by atoms with Gasteiger partial charge in [0.25, 0.3) is 0 Å². The molecule has 3 N–H and O–H groups in total. The molecule has 0 saturated carbocycles. The first-order valence-electron chi connectivity index (χ1n) is 7.93. The minimum absolute atomic E-state index is 0.0797. The third-order valence-corrected chi connectivity index (χ3v) is 3.93. The number of amides is 2. The molecule has 2 aromatic rings. The van der Waals surface area contributed by atoms with E-state index in [9.17, 15) is 9.59 Å². The normalized spacial score (nSPS) is 11.4. The summed E-state index contributed by atoms with van der Waals surface area (Å²) in [6.45, 7) is 8.11. The zero-order valence-corrected chi connectivity index (χ0v) is 14.4. The first-order chi connectivity index (χ1) is 11.9. The molecule has 0 aliphatic rings. The lowest BCUT2D eigenvalue weighted by Gasteiger charge is -2.19. The number of nitrogens with one attached hydrogen (secondary N) is 1. The van der Waals surface area contributed by atoms with Crippen molar-refractivity contribution >= 4 is 17.7 Å². The molecule has 1 atom stereocenters. The van der Waals surface area contributed by atoms with Crippen LogP contribution in [0.2, 0.25) is 0 Å². The third kappa shape index (κ3) is 4.94. The number of carbonyl (C=O) groups excluding carboxylic acids is 2. The number of anilines is 1. The topological polar surface area (TPSA) is 81.4 Å². The van der Waals surface area contributed by atoms with Crippen LogP contribution in [0.3, 0.4) is 0 Å². The van der Waals surface area contributed by atoms with Crippen LogP contribution in [0.15, 0.2) is 60.7 Å². The molecule has 0 aliphatic heterocycles. The molecule has 0 aliphatic carbocycles. The molecule has 0 bridgehead atoms. The number of benzene rings is 2. The van der Waals surface area contributed by atoms with Gasteiger partial charge in [-0.15, -0.1) is 0 Å². The molecule has 0 fully saturated rings. The van der Waals surface area contributed by atoms with Crippen LogP contribution in [0.25, 0.3) is 0 Å². The molecule has 2 amide bonds. The molecule has 25 heavy (non-hydrogen) atoms. The molecular weight excluding hydrogens is 316 g/mol. The van der Waals surface area contributed by atoms with E-state index < -0.39 is 12.0 Å². The van der Waals surface area contributed by atoms with E-state index in [1.165, 1.54) is 6.07 Å². The fourth-order valence-corrected chi connectivity index (χ4v) is 2.54. The molecule has 0 spiro atoms. The molecule has 0 aromatic heterocycles. The zero-order chi connectivity index (χ0) is 18.4. The maximum atomic E-state index is 12.1. The van der Waals surface area contributed by atoms with Gasteiger partial charge in [0.1, 0.15) is 6.61 Å². The van der Waals surface area contributed by atoms with Gasteiger partial charge in [-0.2, -0.15) is 0 Å². The van der Waals surface area contributed by atoms with E-state index in [1.807, 2.05) is 38.1 Å². The average molecular weight is 338 g/mol. The Labute approximate surface area is 147 Å². The summed E-state index contributed by atoms with van der Waals surface area (Å²) >= 11 is 0. The highest BCUT2D eigenvalue weighted by Gasteiger charge is 2.17. The Hall–Kier alpha value is -3.08. The highest BCUT2D eigenvalue weighted by molar-refractivity contribution is 5.95. The lowest BCUT2D eigenvalue weighted by atomic mass is 9.90. The Kier molecular flexibility index (Phi) is 5.95. The molecule has 5 heteroatoms. The molecule has 5 nitrogen and oxygen atoms in total. The molecule has 2 aromatic carbocycles. The van der Waals surface area contributed by atoms with Crippen LogP contribution in [-0.4, -0.2) is 18.6 Å². The highest BCUT2D eigenvalue weighted by atomic mass is 16.5.